The number of amides is 2. The van der Waals surface area contributed by atoms with Crippen LogP contribution in [0.3, 0.4) is 0 Å². The van der Waals surface area contributed by atoms with Crippen molar-refractivity contribution in [2.24, 2.45) is 0 Å². The smallest absolute Gasteiger partial charge is 0.258 e. The maximum Gasteiger partial charge on any atom is 0.258 e. The summed E-state index contributed by atoms with van der Waals surface area (Å²) in [7, 11) is 0. The topological polar surface area (TPSA) is 120 Å². The van der Waals surface area contributed by atoms with Crippen LogP contribution >= 0.6 is 11.8 Å². The molecule has 2 amide bonds. The first-order chi connectivity index (χ1) is 16.3. The zero-order valence-electron chi connectivity index (χ0n) is 18.2. The Bertz CT molecular complexity index is 1390. The number of phenolic OH excluding ortho intramolecular Hbond substituents is 1. The van der Waals surface area contributed by atoms with Gasteiger partial charge in [-0.3, -0.25) is 9.59 Å². The number of halogens is 1. The predicted octanol–water partition coefficient (Wildman–Crippen LogP) is 4.92. The Morgan fingerprint density at radius 2 is 1.88 bits per heavy atom. The van der Waals surface area contributed by atoms with E-state index in [1.807, 2.05) is 12.3 Å². The Morgan fingerprint density at radius 1 is 1.06 bits per heavy atom. The van der Waals surface area contributed by atoms with Crippen molar-refractivity contribution in [1.29, 1.82) is 0 Å². The largest absolute Gasteiger partial charge is 0.508 e. The van der Waals surface area contributed by atoms with Gasteiger partial charge >= 0.3 is 0 Å². The summed E-state index contributed by atoms with van der Waals surface area (Å²) in [6.07, 6.45) is 3.48. The number of aromatic hydroxyl groups is 1. The number of anilines is 2. The summed E-state index contributed by atoms with van der Waals surface area (Å²) in [5.74, 6) is -1.46. The van der Waals surface area contributed by atoms with Gasteiger partial charge < -0.3 is 20.7 Å². The average molecular weight is 478 g/mol. The van der Waals surface area contributed by atoms with E-state index in [-0.39, 0.29) is 17.2 Å². The molecule has 2 heterocycles. The van der Waals surface area contributed by atoms with Gasteiger partial charge in [-0.25, -0.2) is 14.4 Å². The van der Waals surface area contributed by atoms with Gasteiger partial charge in [0.25, 0.3) is 5.91 Å². The molecule has 10 heteroatoms. The van der Waals surface area contributed by atoms with Crippen LogP contribution in [0.25, 0.3) is 22.5 Å². The number of nitrogens with one attached hydrogen (secondary N) is 3. The third kappa shape index (κ3) is 5.07. The molecule has 0 bridgehead atoms. The van der Waals surface area contributed by atoms with Crippen LogP contribution in [0.4, 0.5) is 15.9 Å². The number of hydrogen-bond acceptors (Lipinski definition) is 6. The van der Waals surface area contributed by atoms with Gasteiger partial charge in [0.2, 0.25) is 5.91 Å². The minimum Gasteiger partial charge on any atom is -0.508 e. The molecule has 0 saturated heterocycles. The molecule has 4 aromatic rings. The van der Waals surface area contributed by atoms with Crippen LogP contribution in [0, 0.1) is 5.82 Å². The highest BCUT2D eigenvalue weighted by Crippen LogP contribution is 2.34. The van der Waals surface area contributed by atoms with Crippen LogP contribution in [-0.2, 0) is 4.79 Å². The average Bonchev–Trinajstić information content (AvgIpc) is 3.25. The first-order valence-electron chi connectivity index (χ1n) is 10.1. The van der Waals surface area contributed by atoms with Gasteiger partial charge in [0.1, 0.15) is 17.4 Å². The SMILES string of the molecule is CSc1nc(-c2cccc(NC(=O)c3cc(O)ccc3F)c2)c(-c2ccnc(NC(C)=O)c2)[nH]1. The van der Waals surface area contributed by atoms with E-state index in [1.165, 1.54) is 24.8 Å². The summed E-state index contributed by atoms with van der Waals surface area (Å²) >= 11 is 1.44. The van der Waals surface area contributed by atoms with Crippen molar-refractivity contribution in [1.82, 2.24) is 15.0 Å². The van der Waals surface area contributed by atoms with Crippen molar-refractivity contribution >= 4 is 35.1 Å². The summed E-state index contributed by atoms with van der Waals surface area (Å²) in [5.41, 5.74) is 2.97. The van der Waals surface area contributed by atoms with E-state index in [2.05, 4.69) is 25.6 Å². The highest BCUT2D eigenvalue weighted by Gasteiger charge is 2.17. The minimum absolute atomic E-state index is 0.206. The maximum absolute atomic E-state index is 14.0. The molecule has 0 aliphatic carbocycles. The number of pyridine rings is 1. The Kier molecular flexibility index (Phi) is 6.60. The standard InChI is InChI=1S/C24H20FN5O3S/c1-13(31)27-20-11-15(8-9-26-20)22-21(29-24(30-22)34-2)14-4-3-5-16(10-14)28-23(33)18-12-17(32)6-7-19(18)25/h3-12,32H,1-2H3,(H,28,33)(H,29,30)(H,26,27,31). The van der Waals surface area contributed by atoms with Gasteiger partial charge in [-0.05, 0) is 48.7 Å². The van der Waals surface area contributed by atoms with E-state index in [1.54, 1.807) is 36.5 Å². The number of aromatic amines is 1. The van der Waals surface area contributed by atoms with E-state index in [9.17, 15) is 19.1 Å². The lowest BCUT2D eigenvalue weighted by molar-refractivity contribution is -0.114. The highest BCUT2D eigenvalue weighted by atomic mass is 32.2. The summed E-state index contributed by atoms with van der Waals surface area (Å²) in [6.45, 7) is 1.41. The summed E-state index contributed by atoms with van der Waals surface area (Å²) in [5, 5.41) is 15.6. The number of benzene rings is 2. The number of hydrogen-bond donors (Lipinski definition) is 4. The second-order valence-electron chi connectivity index (χ2n) is 7.28. The van der Waals surface area contributed by atoms with Crippen molar-refractivity contribution in [3.8, 4) is 28.3 Å². The fourth-order valence-corrected chi connectivity index (χ4v) is 3.72. The molecule has 4 N–H and O–H groups in total. The van der Waals surface area contributed by atoms with E-state index >= 15 is 0 Å². The van der Waals surface area contributed by atoms with Gasteiger partial charge in [-0.2, -0.15) is 0 Å². The lowest BCUT2D eigenvalue weighted by atomic mass is 10.0. The Hall–Kier alpha value is -4.18. The van der Waals surface area contributed by atoms with Gasteiger partial charge in [0.15, 0.2) is 5.16 Å². The lowest BCUT2D eigenvalue weighted by Gasteiger charge is -2.09. The summed E-state index contributed by atoms with van der Waals surface area (Å²) in [6, 6.07) is 13.8. The fourth-order valence-electron chi connectivity index (χ4n) is 3.33. The zero-order chi connectivity index (χ0) is 24.2. The number of imidazole rings is 1. The molecule has 0 aliphatic heterocycles. The van der Waals surface area contributed by atoms with Gasteiger partial charge in [-0.15, -0.1) is 0 Å². The van der Waals surface area contributed by atoms with E-state index in [0.29, 0.717) is 33.6 Å². The van der Waals surface area contributed by atoms with Crippen molar-refractivity contribution < 1.29 is 19.1 Å². The monoisotopic (exact) mass is 477 g/mol. The zero-order valence-corrected chi connectivity index (χ0v) is 19.0. The Labute approximate surface area is 198 Å². The molecular formula is C24H20FN5O3S. The highest BCUT2D eigenvalue weighted by molar-refractivity contribution is 7.98. The van der Waals surface area contributed by atoms with Gasteiger partial charge in [-0.1, -0.05) is 23.9 Å². The summed E-state index contributed by atoms with van der Waals surface area (Å²) < 4.78 is 14.0. The quantitative estimate of drug-likeness (QED) is 0.293. The van der Waals surface area contributed by atoms with E-state index < -0.39 is 11.7 Å². The molecule has 0 aliphatic rings. The van der Waals surface area contributed by atoms with Gasteiger partial charge in [0, 0.05) is 29.9 Å². The first-order valence-corrected chi connectivity index (χ1v) is 11.3. The molecule has 4 rings (SSSR count). The second-order valence-corrected chi connectivity index (χ2v) is 8.07. The Balaban J connectivity index is 1.69. The van der Waals surface area contributed by atoms with Crippen molar-refractivity contribution in [3.63, 3.8) is 0 Å². The van der Waals surface area contributed by atoms with Crippen LogP contribution in [0.15, 0.2) is 66.0 Å². The maximum atomic E-state index is 14.0. The predicted molar refractivity (Wildman–Crippen MR) is 129 cm³/mol. The second kappa shape index (κ2) is 9.75. The molecule has 0 radical (unpaired) electrons. The van der Waals surface area contributed by atoms with Crippen LogP contribution in [-0.4, -0.2) is 38.1 Å². The molecule has 0 saturated carbocycles. The lowest BCUT2D eigenvalue weighted by Crippen LogP contribution is -2.13. The van der Waals surface area contributed by atoms with Crippen molar-refractivity contribution in [2.45, 2.75) is 12.1 Å². The first kappa shape index (κ1) is 23.0. The van der Waals surface area contributed by atoms with E-state index in [4.69, 9.17) is 0 Å². The molecule has 2 aromatic carbocycles. The number of H-pyrrole nitrogens is 1. The molecule has 0 spiro atoms. The van der Waals surface area contributed by atoms with Gasteiger partial charge in [0.05, 0.1) is 17.0 Å². The number of carbonyl (C=O) groups is 2. The normalized spacial score (nSPS) is 10.7. The van der Waals surface area contributed by atoms with E-state index in [0.717, 1.165) is 17.7 Å². The van der Waals surface area contributed by atoms with Crippen LogP contribution in [0.1, 0.15) is 17.3 Å². The number of phenols is 1. The number of thioether (sulfide) groups is 1. The van der Waals surface area contributed by atoms with Crippen LogP contribution < -0.4 is 10.6 Å². The summed E-state index contributed by atoms with van der Waals surface area (Å²) in [4.78, 5) is 36.1. The molecule has 0 fully saturated rings. The third-order valence-corrected chi connectivity index (χ3v) is 5.40. The molecule has 172 valence electrons. The van der Waals surface area contributed by atoms with Crippen LogP contribution in [0.5, 0.6) is 5.75 Å². The minimum atomic E-state index is -0.738. The molecule has 34 heavy (non-hydrogen) atoms. The Morgan fingerprint density at radius 3 is 2.65 bits per heavy atom. The molecule has 2 aromatic heterocycles. The van der Waals surface area contributed by atoms with Crippen molar-refractivity contribution in [3.05, 3.63) is 72.2 Å². The fraction of sp³-hybridized carbons (Fsp3) is 0.0833. The molecule has 0 atom stereocenters. The number of nitrogens with zero attached hydrogens (tertiary/aromatic N) is 2. The number of rotatable bonds is 6. The number of aromatic nitrogens is 3. The molecule has 0 unspecified atom stereocenters. The van der Waals surface area contributed by atoms with Crippen LogP contribution in [0.2, 0.25) is 0 Å². The van der Waals surface area contributed by atoms with Crippen molar-refractivity contribution in [2.75, 3.05) is 16.9 Å². The molecule has 8 nitrogen and oxygen atoms in total. The third-order valence-electron chi connectivity index (χ3n) is 4.82. The molecular weight excluding hydrogens is 457 g/mol. The number of carbonyl (C=O) groups excluding carboxylic acids is 2.